The zero-order chi connectivity index (χ0) is 27.5. The summed E-state index contributed by atoms with van der Waals surface area (Å²) in [6.45, 7) is 2.85. The van der Waals surface area contributed by atoms with Gasteiger partial charge in [-0.15, -0.1) is 0 Å². The molecule has 6 nitrogen and oxygen atoms in total. The molecule has 3 aromatic carbocycles. The van der Waals surface area contributed by atoms with E-state index in [2.05, 4.69) is 5.32 Å². The first kappa shape index (κ1) is 28.2. The van der Waals surface area contributed by atoms with Gasteiger partial charge in [-0.05, 0) is 67.1 Å². The van der Waals surface area contributed by atoms with Gasteiger partial charge in [0.15, 0.2) is 0 Å². The van der Waals surface area contributed by atoms with Crippen molar-refractivity contribution < 1.29 is 19.1 Å². The van der Waals surface area contributed by atoms with E-state index in [0.717, 1.165) is 53.9 Å². The highest BCUT2D eigenvalue weighted by atomic mass is 16.5. The third kappa shape index (κ3) is 8.34. The van der Waals surface area contributed by atoms with Gasteiger partial charge in [-0.3, -0.25) is 9.59 Å². The number of ether oxygens (including phenoxy) is 2. The summed E-state index contributed by atoms with van der Waals surface area (Å²) in [6.07, 6.45) is 5.58. The molecule has 0 unspecified atom stereocenters. The number of carbonyl (C=O) groups is 2. The summed E-state index contributed by atoms with van der Waals surface area (Å²) in [6, 6.07) is 25.0. The van der Waals surface area contributed by atoms with E-state index >= 15 is 0 Å². The summed E-state index contributed by atoms with van der Waals surface area (Å²) in [5.74, 6) is 1.39. The van der Waals surface area contributed by atoms with E-state index in [4.69, 9.17) is 9.47 Å². The second-order valence-electron chi connectivity index (χ2n) is 10.3. The predicted molar refractivity (Wildman–Crippen MR) is 154 cm³/mol. The molecule has 4 rings (SSSR count). The number of carbonyl (C=O) groups excluding carboxylic acids is 2. The molecule has 1 saturated carbocycles. The zero-order valence-electron chi connectivity index (χ0n) is 23.1. The lowest BCUT2D eigenvalue weighted by molar-refractivity contribution is -0.141. The van der Waals surface area contributed by atoms with Crippen LogP contribution in [0.15, 0.2) is 78.9 Å². The second-order valence-corrected chi connectivity index (χ2v) is 10.3. The zero-order valence-corrected chi connectivity index (χ0v) is 23.1. The normalized spacial score (nSPS) is 14.0. The number of methoxy groups -OCH3 is 1. The third-order valence-corrected chi connectivity index (χ3v) is 7.44. The minimum atomic E-state index is -0.595. The van der Waals surface area contributed by atoms with Crippen LogP contribution in [0.5, 0.6) is 11.5 Å². The van der Waals surface area contributed by atoms with Gasteiger partial charge in [0.1, 0.15) is 17.5 Å². The van der Waals surface area contributed by atoms with Crippen LogP contribution in [0.1, 0.15) is 55.2 Å². The molecule has 0 saturated heterocycles. The van der Waals surface area contributed by atoms with Crippen molar-refractivity contribution in [3.05, 3.63) is 95.6 Å². The first-order valence-corrected chi connectivity index (χ1v) is 14.0. The first-order valence-electron chi connectivity index (χ1n) is 14.0. The fourth-order valence-electron chi connectivity index (χ4n) is 5.12. The molecular formula is C33H40N2O4. The molecule has 0 bridgehead atoms. The lowest BCUT2D eigenvalue weighted by Crippen LogP contribution is -2.52. The number of nitrogens with one attached hydrogen (secondary N) is 1. The Hall–Kier alpha value is -3.80. The van der Waals surface area contributed by atoms with Crippen molar-refractivity contribution in [1.82, 2.24) is 10.2 Å². The van der Waals surface area contributed by atoms with E-state index in [1.54, 1.807) is 12.0 Å². The average molecular weight is 529 g/mol. The monoisotopic (exact) mass is 528 g/mol. The van der Waals surface area contributed by atoms with Crippen molar-refractivity contribution in [3.63, 3.8) is 0 Å². The van der Waals surface area contributed by atoms with Crippen molar-refractivity contribution in [3.8, 4) is 11.5 Å². The van der Waals surface area contributed by atoms with E-state index < -0.39 is 6.04 Å². The molecule has 1 fully saturated rings. The topological polar surface area (TPSA) is 67.9 Å². The maximum atomic E-state index is 13.8. The fourth-order valence-corrected chi connectivity index (χ4v) is 5.12. The van der Waals surface area contributed by atoms with E-state index in [-0.39, 0.29) is 17.9 Å². The highest BCUT2D eigenvalue weighted by Gasteiger charge is 2.32. The van der Waals surface area contributed by atoms with Crippen molar-refractivity contribution in [2.24, 2.45) is 0 Å². The highest BCUT2D eigenvalue weighted by Crippen LogP contribution is 2.22. The lowest BCUT2D eigenvalue weighted by Gasteiger charge is -2.33. The maximum absolute atomic E-state index is 13.8. The largest absolute Gasteiger partial charge is 0.497 e. The van der Waals surface area contributed by atoms with Crippen LogP contribution < -0.4 is 14.8 Å². The molecule has 0 aliphatic heterocycles. The Morgan fingerprint density at radius 2 is 1.59 bits per heavy atom. The van der Waals surface area contributed by atoms with Gasteiger partial charge in [0, 0.05) is 25.4 Å². The average Bonchev–Trinajstić information content (AvgIpc) is 3.47. The van der Waals surface area contributed by atoms with Gasteiger partial charge in [0.2, 0.25) is 11.8 Å². The summed E-state index contributed by atoms with van der Waals surface area (Å²) in [5.41, 5.74) is 3.19. The number of hydrogen-bond acceptors (Lipinski definition) is 4. The summed E-state index contributed by atoms with van der Waals surface area (Å²) < 4.78 is 11.1. The Kier molecular flexibility index (Phi) is 10.4. The van der Waals surface area contributed by atoms with Crippen LogP contribution >= 0.6 is 0 Å². The van der Waals surface area contributed by atoms with Crippen LogP contribution in [-0.4, -0.2) is 42.5 Å². The molecular weight excluding hydrogens is 488 g/mol. The van der Waals surface area contributed by atoms with Crippen LogP contribution in [-0.2, 0) is 22.6 Å². The number of rotatable bonds is 13. The standard InChI is InChI=1S/C33H40N2O4/c1-25-11-6-7-14-27(25)24-35(32(36)17-10-22-39-30-20-18-29(38-2)19-21-30)31(23-26-12-4-3-5-13-26)33(37)34-28-15-8-9-16-28/h3-7,11-14,18-21,28,31H,8-10,15-17,22-24H2,1-2H3,(H,34,37)/t31-/m0/s1. The Bertz CT molecular complexity index is 1190. The van der Waals surface area contributed by atoms with Crippen LogP contribution in [0, 0.1) is 6.92 Å². The highest BCUT2D eigenvalue weighted by molar-refractivity contribution is 5.88. The van der Waals surface area contributed by atoms with Gasteiger partial charge in [0.25, 0.3) is 0 Å². The van der Waals surface area contributed by atoms with Crippen molar-refractivity contribution >= 4 is 11.8 Å². The van der Waals surface area contributed by atoms with E-state index in [1.165, 1.54) is 0 Å². The Morgan fingerprint density at radius 3 is 2.28 bits per heavy atom. The second kappa shape index (κ2) is 14.4. The smallest absolute Gasteiger partial charge is 0.243 e. The SMILES string of the molecule is COc1ccc(OCCCC(=O)N(Cc2ccccc2C)[C@@H](Cc2ccccc2)C(=O)NC2CCCC2)cc1. The van der Waals surface area contributed by atoms with Crippen LogP contribution in [0.4, 0.5) is 0 Å². The molecule has 206 valence electrons. The van der Waals surface area contributed by atoms with Gasteiger partial charge >= 0.3 is 0 Å². The van der Waals surface area contributed by atoms with E-state index in [0.29, 0.717) is 32.4 Å². The van der Waals surface area contributed by atoms with Gasteiger partial charge in [-0.1, -0.05) is 67.4 Å². The quantitative estimate of drug-likeness (QED) is 0.282. The minimum Gasteiger partial charge on any atom is -0.497 e. The van der Waals surface area contributed by atoms with E-state index in [1.807, 2.05) is 85.8 Å². The summed E-state index contributed by atoms with van der Waals surface area (Å²) >= 11 is 0. The minimum absolute atomic E-state index is 0.0425. The predicted octanol–water partition coefficient (Wildman–Crippen LogP) is 5.86. The molecule has 0 spiro atoms. The summed E-state index contributed by atoms with van der Waals surface area (Å²) in [7, 11) is 1.63. The lowest BCUT2D eigenvalue weighted by atomic mass is 10.0. The molecule has 6 heteroatoms. The molecule has 0 heterocycles. The Morgan fingerprint density at radius 1 is 0.923 bits per heavy atom. The molecule has 0 radical (unpaired) electrons. The molecule has 0 aromatic heterocycles. The summed E-state index contributed by atoms with van der Waals surface area (Å²) in [5, 5.41) is 3.27. The van der Waals surface area contributed by atoms with Crippen molar-refractivity contribution in [2.45, 2.75) is 70.5 Å². The molecule has 39 heavy (non-hydrogen) atoms. The number of nitrogens with zero attached hydrogens (tertiary/aromatic N) is 1. The maximum Gasteiger partial charge on any atom is 0.243 e. The molecule has 1 aliphatic rings. The number of amides is 2. The summed E-state index contributed by atoms with van der Waals surface area (Å²) in [4.78, 5) is 29.3. The fraction of sp³-hybridized carbons (Fsp3) is 0.394. The number of aryl methyl sites for hydroxylation is 1. The first-order chi connectivity index (χ1) is 19.0. The van der Waals surface area contributed by atoms with Crippen LogP contribution in [0.2, 0.25) is 0 Å². The van der Waals surface area contributed by atoms with Gasteiger partial charge < -0.3 is 19.7 Å². The third-order valence-electron chi connectivity index (χ3n) is 7.44. The van der Waals surface area contributed by atoms with Gasteiger partial charge in [-0.2, -0.15) is 0 Å². The van der Waals surface area contributed by atoms with Gasteiger partial charge in [-0.25, -0.2) is 0 Å². The number of hydrogen-bond donors (Lipinski definition) is 1. The molecule has 1 aliphatic carbocycles. The molecule has 2 amide bonds. The van der Waals surface area contributed by atoms with Crippen LogP contribution in [0.3, 0.4) is 0 Å². The Balaban J connectivity index is 1.50. The molecule has 1 atom stereocenters. The molecule has 3 aromatic rings. The Labute approximate surface area is 232 Å². The van der Waals surface area contributed by atoms with E-state index in [9.17, 15) is 9.59 Å². The van der Waals surface area contributed by atoms with Crippen LogP contribution in [0.25, 0.3) is 0 Å². The van der Waals surface area contributed by atoms with Gasteiger partial charge in [0.05, 0.1) is 13.7 Å². The van der Waals surface area contributed by atoms with Crippen molar-refractivity contribution in [1.29, 1.82) is 0 Å². The number of benzene rings is 3. The van der Waals surface area contributed by atoms with Crippen molar-refractivity contribution in [2.75, 3.05) is 13.7 Å². The molecule has 1 N–H and O–H groups in total.